The summed E-state index contributed by atoms with van der Waals surface area (Å²) in [5.41, 5.74) is 23.6. The molecule has 11 N–H and O–H groups in total. The Labute approximate surface area is 646 Å². The van der Waals surface area contributed by atoms with Crippen molar-refractivity contribution in [2.75, 3.05) is 17.2 Å². The number of nitrogens with zero attached hydrogens (tertiary/aromatic N) is 8. The first-order valence-electron chi connectivity index (χ1n) is 33.4. The number of hydrogen-bond donors (Lipinski definition) is 7. The first-order valence-corrected chi connectivity index (χ1v) is 34.2. The van der Waals surface area contributed by atoms with E-state index < -0.39 is 96.0 Å². The third-order valence-corrected chi connectivity index (χ3v) is 18.0. The SMILES string of the molecule is C.C.CC1(C)OB(c2ccn(C3CC3)c(=O)c2)OC1(C)C.NCc1c(F)cccc1F.Nc1nc(-c2ccc(F)cc2)c(-c2ccc(=O)n(C3CC3)c2)nc1C(=O)NCc1c(F)cccc1F.Nc1nc(-c2ccc(F)cc2)c(Cl)nc1C(=O)NCc1c(F)cccc1F.Nc1nc(-c2ccc(F)cc2)c(Cl)nc1C(=O)O. The van der Waals surface area contributed by atoms with Crippen LogP contribution in [-0.4, -0.2) is 80.2 Å². The number of pyridine rings is 2. The number of carboxylic acids is 1. The first kappa shape index (κ1) is 85.8. The number of nitrogen functional groups attached to an aromatic ring is 3. The van der Waals surface area contributed by atoms with Crippen molar-refractivity contribution in [1.82, 2.24) is 49.7 Å². The van der Waals surface area contributed by atoms with Gasteiger partial charge >= 0.3 is 13.1 Å². The van der Waals surface area contributed by atoms with Crippen molar-refractivity contribution in [3.8, 4) is 45.0 Å². The molecule has 584 valence electrons. The maximum absolute atomic E-state index is 14.0. The molecule has 1 aliphatic heterocycles. The van der Waals surface area contributed by atoms with Gasteiger partial charge in [-0.1, -0.05) is 56.3 Å². The maximum Gasteiger partial charge on any atom is 0.495 e. The molecule has 112 heavy (non-hydrogen) atoms. The van der Waals surface area contributed by atoms with Gasteiger partial charge in [-0.15, -0.1) is 0 Å². The summed E-state index contributed by atoms with van der Waals surface area (Å²) in [4.78, 5) is 84.6. The molecule has 14 rings (SSSR count). The maximum atomic E-state index is 14.0. The number of aromatic carboxylic acids is 1. The molecule has 2 amide bonds. The zero-order valence-electron chi connectivity index (χ0n) is 58.6. The molecular weight excluding hydrogens is 1510 g/mol. The van der Waals surface area contributed by atoms with Gasteiger partial charge in [-0.05, 0) is 180 Å². The van der Waals surface area contributed by atoms with E-state index in [0.717, 1.165) is 55.4 Å². The molecule has 1 saturated heterocycles. The number of anilines is 3. The quantitative estimate of drug-likeness (QED) is 0.0370. The zero-order valence-corrected chi connectivity index (χ0v) is 60.1. The number of aromatic nitrogens is 8. The van der Waals surface area contributed by atoms with Crippen molar-refractivity contribution < 1.29 is 68.3 Å². The fourth-order valence-corrected chi connectivity index (χ4v) is 11.1. The summed E-state index contributed by atoms with van der Waals surface area (Å²) >= 11 is 11.9. The summed E-state index contributed by atoms with van der Waals surface area (Å²) in [6.07, 6.45) is 7.47. The van der Waals surface area contributed by atoms with Gasteiger partial charge in [0.2, 0.25) is 5.56 Å². The highest BCUT2D eigenvalue weighted by atomic mass is 35.5. The largest absolute Gasteiger partial charge is 0.495 e. The van der Waals surface area contributed by atoms with Crippen LogP contribution in [0.5, 0.6) is 0 Å². The predicted molar refractivity (Wildman–Crippen MR) is 408 cm³/mol. The van der Waals surface area contributed by atoms with Crippen LogP contribution < -0.4 is 50.1 Å². The highest BCUT2D eigenvalue weighted by Gasteiger charge is 2.52. The number of carbonyl (C=O) groups is 3. The molecular formula is C78H74BCl2F9N14O8. The summed E-state index contributed by atoms with van der Waals surface area (Å²) in [6.45, 7) is 7.11. The third kappa shape index (κ3) is 20.8. The van der Waals surface area contributed by atoms with E-state index in [9.17, 15) is 63.5 Å². The smallest absolute Gasteiger partial charge is 0.476 e. The number of halogens is 11. The minimum Gasteiger partial charge on any atom is -0.476 e. The third-order valence-electron chi connectivity index (χ3n) is 17.5. The minimum absolute atomic E-state index is 0. The molecule has 5 aromatic heterocycles. The zero-order chi connectivity index (χ0) is 79.6. The van der Waals surface area contributed by atoms with Crippen LogP contribution in [0.3, 0.4) is 0 Å². The van der Waals surface area contributed by atoms with Gasteiger partial charge in [-0.3, -0.25) is 19.2 Å². The summed E-state index contributed by atoms with van der Waals surface area (Å²) in [5.74, 6) is -9.23. The van der Waals surface area contributed by atoms with Gasteiger partial charge in [0.25, 0.3) is 17.4 Å². The summed E-state index contributed by atoms with van der Waals surface area (Å²) in [6, 6.07) is 33.6. The molecule has 2 saturated carbocycles. The van der Waals surface area contributed by atoms with E-state index in [1.54, 1.807) is 27.5 Å². The molecule has 0 radical (unpaired) electrons. The van der Waals surface area contributed by atoms with Crippen molar-refractivity contribution in [1.29, 1.82) is 0 Å². The van der Waals surface area contributed by atoms with Crippen LogP contribution in [-0.2, 0) is 28.9 Å². The Morgan fingerprint density at radius 3 is 1.21 bits per heavy atom. The Kier molecular flexibility index (Phi) is 28.2. The number of hydrogen-bond acceptors (Lipinski definition) is 17. The van der Waals surface area contributed by atoms with Gasteiger partial charge in [0.15, 0.2) is 44.8 Å². The standard InChI is InChI=1S/C26H20F3N5O2.C18H12ClF3N4O.C14H20BNO3.C11H7ClFN3O2.C7H7F2N.2CH4/c27-16-7-4-14(5-8-16)22-23(15-6-11-21(35)34(13-15)17-9-10-17)32-24(25(30)33-22)26(36)31-12-18-19(28)2-1-3-20(18)29;19-16-14(9-4-6-10(20)7-5-9)26-17(23)15(25-16)18(27)24-8-11-12(21)2-1-3-13(11)22;1-13(2)14(3,4)19-15(18-13)10-7-8-16(11-5-6-11)12(17)9-10;12-9-7(5-1-3-6(13)4-2-5)16-10(14)8(15-9)11(17)18;8-6-2-1-3-7(9)5(6)4-10;;/h1-8,11,13,17H,9-10,12H2,(H2,30,33)(H,31,36);1-7H,8H2,(H2,23,26)(H,24,27);7-9,11H,5-6H2,1-4H3;1-4H,(H2,14,16)(H,17,18);1-3H,4,10H2;2*1H4. The molecule has 22 nitrogen and oxygen atoms in total. The normalized spacial score (nSPS) is 13.5. The van der Waals surface area contributed by atoms with Gasteiger partial charge in [0.05, 0.1) is 22.6 Å². The summed E-state index contributed by atoms with van der Waals surface area (Å²) < 4.78 is 135. The van der Waals surface area contributed by atoms with Crippen molar-refractivity contribution in [3.05, 3.63) is 281 Å². The molecule has 3 fully saturated rings. The van der Waals surface area contributed by atoms with Crippen molar-refractivity contribution in [3.63, 3.8) is 0 Å². The molecule has 11 aromatic rings. The van der Waals surface area contributed by atoms with Gasteiger partial charge in [-0.2, -0.15) is 0 Å². The number of benzene rings is 6. The van der Waals surface area contributed by atoms with Crippen LogP contribution in [0.15, 0.2) is 174 Å². The van der Waals surface area contributed by atoms with E-state index in [-0.39, 0.29) is 128 Å². The Morgan fingerprint density at radius 1 is 0.482 bits per heavy atom. The molecule has 0 spiro atoms. The van der Waals surface area contributed by atoms with E-state index >= 15 is 0 Å². The van der Waals surface area contributed by atoms with Gasteiger partial charge in [0.1, 0.15) is 63.7 Å². The molecule has 34 heteroatoms. The fourth-order valence-electron chi connectivity index (χ4n) is 10.6. The minimum atomic E-state index is -1.31. The number of carboxylic acid groups (broad SMARTS) is 1. The lowest BCUT2D eigenvalue weighted by Crippen LogP contribution is -2.41. The van der Waals surface area contributed by atoms with Gasteiger partial charge in [-0.25, -0.2) is 74.2 Å². The summed E-state index contributed by atoms with van der Waals surface area (Å²) in [7, 11) is -0.452. The summed E-state index contributed by atoms with van der Waals surface area (Å²) in [5, 5.41) is 13.3. The number of rotatable bonds is 15. The van der Waals surface area contributed by atoms with E-state index in [1.807, 2.05) is 40.0 Å². The van der Waals surface area contributed by atoms with Crippen LogP contribution in [0.4, 0.5) is 57.0 Å². The Balaban J connectivity index is 0.000000184. The van der Waals surface area contributed by atoms with Crippen LogP contribution in [0, 0.1) is 52.4 Å². The van der Waals surface area contributed by atoms with Gasteiger partial charge < -0.3 is 57.1 Å². The number of carbonyl (C=O) groups excluding carboxylic acids is 2. The van der Waals surface area contributed by atoms with Crippen molar-refractivity contribution in [2.45, 2.75) is 111 Å². The molecule has 3 aliphatic rings. The first-order chi connectivity index (χ1) is 52.2. The van der Waals surface area contributed by atoms with Crippen molar-refractivity contribution >= 4 is 71.0 Å². The van der Waals surface area contributed by atoms with Crippen molar-refractivity contribution in [2.24, 2.45) is 5.73 Å². The lowest BCUT2D eigenvalue weighted by molar-refractivity contribution is 0.00578. The average Bonchev–Trinajstić information content (AvgIpc) is 1.72. The highest BCUT2D eigenvalue weighted by Crippen LogP contribution is 2.39. The second kappa shape index (κ2) is 36.8. The Hall–Kier alpha value is -11.8. The molecule has 0 atom stereocenters. The molecule has 0 bridgehead atoms. The Morgan fingerprint density at radius 2 is 0.830 bits per heavy atom. The molecule has 6 heterocycles. The predicted octanol–water partition coefficient (Wildman–Crippen LogP) is 14.4. The second-order valence-electron chi connectivity index (χ2n) is 25.8. The topological polar surface area (TPSA) is 339 Å². The second-order valence-corrected chi connectivity index (χ2v) is 26.5. The average molecular weight is 1590 g/mol. The highest BCUT2D eigenvalue weighted by molar-refractivity contribution is 6.62. The molecule has 0 unspecified atom stereocenters. The fraction of sp³-hybridized carbons (Fsp3) is 0.218. The van der Waals surface area contributed by atoms with E-state index in [0.29, 0.717) is 28.3 Å². The monoisotopic (exact) mass is 1590 g/mol. The van der Waals surface area contributed by atoms with E-state index in [1.165, 1.54) is 109 Å². The van der Waals surface area contributed by atoms with Crippen LogP contribution in [0.2, 0.25) is 10.3 Å². The molecule has 6 aromatic carbocycles. The lowest BCUT2D eigenvalue weighted by atomic mass is 9.80. The number of nitrogens with one attached hydrogen (secondary N) is 2. The van der Waals surface area contributed by atoms with Crippen LogP contribution >= 0.6 is 23.2 Å². The lowest BCUT2D eigenvalue weighted by Gasteiger charge is -2.32. The van der Waals surface area contributed by atoms with Crippen LogP contribution in [0.25, 0.3) is 45.0 Å². The Bertz CT molecular complexity index is 5320. The van der Waals surface area contributed by atoms with Crippen LogP contribution in [0.1, 0.15) is 128 Å². The van der Waals surface area contributed by atoms with Gasteiger partial charge in [0, 0.05) is 95.2 Å². The van der Waals surface area contributed by atoms with E-state index in [2.05, 4.69) is 40.5 Å². The number of amides is 2. The number of nitrogens with two attached hydrogens (primary N) is 4. The van der Waals surface area contributed by atoms with E-state index in [4.69, 9.17) is 60.6 Å². The molecule has 2 aliphatic carbocycles.